The second kappa shape index (κ2) is 17.4. The van der Waals surface area contributed by atoms with E-state index in [-0.39, 0.29) is 12.1 Å². The Kier molecular flexibility index (Phi) is 12.6. The Morgan fingerprint density at radius 2 is 0.727 bits per heavy atom. The first-order chi connectivity index (χ1) is 26.8. The zero-order chi connectivity index (χ0) is 38.5. The van der Waals surface area contributed by atoms with Gasteiger partial charge in [0.1, 0.15) is 12.2 Å². The fraction of sp³-hybridized carbons (Fsp3) is 0.234. The van der Waals surface area contributed by atoms with Gasteiger partial charge in [0.05, 0.1) is 12.1 Å². The molecule has 2 fully saturated rings. The van der Waals surface area contributed by atoms with E-state index in [1.807, 2.05) is 38.1 Å². The number of nitrogens with zero attached hydrogens (tertiary/aromatic N) is 1. The zero-order valence-corrected chi connectivity index (χ0v) is 35.3. The molecule has 6 aromatic carbocycles. The van der Waals surface area contributed by atoms with Crippen molar-refractivity contribution in [1.29, 1.82) is 0 Å². The Hall–Kier alpha value is -3.42. The van der Waals surface area contributed by atoms with Crippen molar-refractivity contribution in [2.24, 2.45) is 0 Å². The first kappa shape index (κ1) is 39.8. The molecule has 8 rings (SSSR count). The molecule has 0 N–H and O–H groups in total. The van der Waals surface area contributed by atoms with E-state index in [2.05, 4.69) is 185 Å². The Bertz CT molecular complexity index is 1850. The van der Waals surface area contributed by atoms with E-state index in [9.17, 15) is 0 Å². The van der Waals surface area contributed by atoms with Crippen molar-refractivity contribution < 1.29 is 38.5 Å². The van der Waals surface area contributed by atoms with Crippen LogP contribution in [-0.4, -0.2) is 22.7 Å². The van der Waals surface area contributed by atoms with E-state index in [0.717, 1.165) is 22.3 Å². The molecule has 2 heterocycles. The average Bonchev–Trinajstić information content (AvgIpc) is 3.53. The van der Waals surface area contributed by atoms with E-state index in [0.29, 0.717) is 0 Å². The summed E-state index contributed by atoms with van der Waals surface area (Å²) in [4.78, 5) is 0. The van der Waals surface area contributed by atoms with Gasteiger partial charge >= 0.3 is 37.7 Å². The van der Waals surface area contributed by atoms with Crippen molar-refractivity contribution in [2.75, 3.05) is 0 Å². The molecule has 2 aliphatic heterocycles. The number of rotatable bonds is 9. The minimum absolute atomic E-state index is 0.0926. The summed E-state index contributed by atoms with van der Waals surface area (Å²) in [7, 11) is 2.06. The van der Waals surface area contributed by atoms with Crippen molar-refractivity contribution >= 4 is 17.7 Å². The molecule has 6 aromatic rings. The van der Waals surface area contributed by atoms with Gasteiger partial charge in [-0.05, 0) is 61.1 Å². The number of hydrogen-bond donors (Lipinski definition) is 0. The predicted molar refractivity (Wildman–Crippen MR) is 219 cm³/mol. The van der Waals surface area contributed by atoms with Crippen molar-refractivity contribution in [2.45, 2.75) is 69.0 Å². The number of hydrogen-bond acceptors (Lipinski definition) is 5. The molecular formula is C47H47AuClNO4P+. The van der Waals surface area contributed by atoms with Crippen LogP contribution in [0.1, 0.15) is 73.2 Å². The van der Waals surface area contributed by atoms with Gasteiger partial charge in [0, 0.05) is 0 Å². The van der Waals surface area contributed by atoms with Gasteiger partial charge in [0.15, 0.2) is 17.0 Å². The number of benzene rings is 6. The van der Waals surface area contributed by atoms with E-state index in [1.54, 1.807) is 20.0 Å². The standard InChI is InChI=1S/C47H46NO4P.Au.ClH/c1-35(37-23-11-5-12-24-37)48(36(2)38-25-13-6-14-26-38)53-51-46(39-27-15-7-16-28-39,40-29-17-8-18-30-40)43-44(50-45(3,4)49-43)47(52-53,41-31-19-9-20-32-41)42-33-21-10-22-34-42;;/h5-36,43-44H,1-4H3;;1H/q;+1;/t35-,36-,43-,44-;;/m1../s1. The second-order valence-electron chi connectivity index (χ2n) is 14.5. The van der Waals surface area contributed by atoms with Crippen LogP contribution in [-0.2, 0) is 49.7 Å². The van der Waals surface area contributed by atoms with Crippen molar-refractivity contribution in [3.63, 3.8) is 0 Å². The van der Waals surface area contributed by atoms with Gasteiger partial charge < -0.3 is 9.47 Å². The third-order valence-electron chi connectivity index (χ3n) is 10.8. The summed E-state index contributed by atoms with van der Waals surface area (Å²) in [6, 6.07) is 63.2. The predicted octanol–water partition coefficient (Wildman–Crippen LogP) is 11.9. The minimum atomic E-state index is -2.52. The third kappa shape index (κ3) is 7.69. The van der Waals surface area contributed by atoms with E-state index >= 15 is 0 Å². The molecule has 2 aliphatic rings. The van der Waals surface area contributed by atoms with E-state index < -0.39 is 37.7 Å². The van der Waals surface area contributed by atoms with Crippen LogP contribution in [0.4, 0.5) is 0 Å². The topological polar surface area (TPSA) is 40.2 Å². The Morgan fingerprint density at radius 3 is 1.00 bits per heavy atom. The SMILES string of the molecule is C[C@H](c1ccccc1)N([C@H](C)c1ccccc1)[PH+]1OC(c2ccccc2)(c2ccccc2)[C@@H]2OC(C)(C)O[C@H]2C(c2ccccc2)(c2ccccc2)O1.[Cl][Au]. The monoisotopic (exact) mass is 952 g/mol. The van der Waals surface area contributed by atoms with E-state index in [1.165, 1.54) is 11.1 Å². The summed E-state index contributed by atoms with van der Waals surface area (Å²) < 4.78 is 33.0. The molecule has 2 saturated heterocycles. The van der Waals surface area contributed by atoms with Gasteiger partial charge in [-0.25, -0.2) is 0 Å². The molecule has 0 amide bonds. The van der Waals surface area contributed by atoms with Crippen LogP contribution in [0.3, 0.4) is 0 Å². The molecule has 0 aromatic heterocycles. The summed E-state index contributed by atoms with van der Waals surface area (Å²) in [6.07, 6.45) is -1.27. The number of fused-ring (bicyclic) bond motifs is 1. The summed E-state index contributed by atoms with van der Waals surface area (Å²) in [5.74, 6) is -0.954. The first-order valence-corrected chi connectivity index (χ1v) is 22.6. The van der Waals surface area contributed by atoms with Crippen molar-refractivity contribution in [1.82, 2.24) is 4.67 Å². The Balaban J connectivity index is 0.00000229. The van der Waals surface area contributed by atoms with Gasteiger partial charge in [0.25, 0.3) is 0 Å². The number of ether oxygens (including phenoxy) is 2. The molecule has 0 bridgehead atoms. The summed E-state index contributed by atoms with van der Waals surface area (Å²) >= 11 is 1.75. The fourth-order valence-corrected chi connectivity index (χ4v) is 10.7. The molecule has 0 spiro atoms. The normalized spacial score (nSPS) is 21.0. The molecule has 0 unspecified atom stereocenters. The quantitative estimate of drug-likeness (QED) is 0.107. The Morgan fingerprint density at radius 1 is 0.473 bits per heavy atom. The second-order valence-corrected chi connectivity index (χ2v) is 15.9. The van der Waals surface area contributed by atoms with Crippen LogP contribution in [0, 0.1) is 0 Å². The fourth-order valence-electron chi connectivity index (χ4n) is 8.28. The molecule has 4 atom stereocenters. The van der Waals surface area contributed by atoms with Crippen LogP contribution in [0.5, 0.6) is 0 Å². The summed E-state index contributed by atoms with van der Waals surface area (Å²) in [5, 5.41) is 0. The molecule has 8 heteroatoms. The van der Waals surface area contributed by atoms with Gasteiger partial charge in [-0.2, -0.15) is 9.05 Å². The maximum absolute atomic E-state index is 8.02. The summed E-state index contributed by atoms with van der Waals surface area (Å²) in [5.41, 5.74) is 3.99. The molecule has 55 heavy (non-hydrogen) atoms. The van der Waals surface area contributed by atoms with Crippen molar-refractivity contribution in [3.05, 3.63) is 215 Å². The maximum atomic E-state index is 8.02. The molecule has 286 valence electrons. The molecular weight excluding hydrogens is 906 g/mol. The number of halogens is 1. The zero-order valence-electron chi connectivity index (χ0n) is 31.4. The van der Waals surface area contributed by atoms with Crippen LogP contribution < -0.4 is 0 Å². The van der Waals surface area contributed by atoms with Gasteiger partial charge in [-0.3, -0.25) is 0 Å². The van der Waals surface area contributed by atoms with Crippen LogP contribution in [0.2, 0.25) is 0 Å². The third-order valence-corrected chi connectivity index (χ3v) is 13.0. The first-order valence-electron chi connectivity index (χ1n) is 18.7. The molecule has 5 nitrogen and oxygen atoms in total. The molecule has 0 radical (unpaired) electrons. The summed E-state index contributed by atoms with van der Waals surface area (Å²) in [6.45, 7) is 8.52. The molecule has 0 aliphatic carbocycles. The average molecular weight is 953 g/mol. The van der Waals surface area contributed by atoms with Crippen LogP contribution >= 0.6 is 17.7 Å². The van der Waals surface area contributed by atoms with Crippen LogP contribution in [0.15, 0.2) is 182 Å². The van der Waals surface area contributed by atoms with Crippen molar-refractivity contribution in [3.8, 4) is 0 Å². The van der Waals surface area contributed by atoms with Crippen LogP contribution in [0.25, 0.3) is 0 Å². The Labute approximate surface area is 343 Å². The molecule has 0 saturated carbocycles. The van der Waals surface area contributed by atoms with Gasteiger partial charge in [-0.15, -0.1) is 4.67 Å². The van der Waals surface area contributed by atoms with Gasteiger partial charge in [0.2, 0.25) is 0 Å². The van der Waals surface area contributed by atoms with Gasteiger partial charge in [-0.1, -0.05) is 182 Å². The van der Waals surface area contributed by atoms with E-state index in [4.69, 9.17) is 18.5 Å².